The van der Waals surface area contributed by atoms with E-state index >= 15 is 0 Å². The van der Waals surface area contributed by atoms with Gasteiger partial charge in [-0.05, 0) is 37.5 Å². The molecule has 1 saturated heterocycles. The highest BCUT2D eigenvalue weighted by atomic mass is 32.2. The van der Waals surface area contributed by atoms with Crippen LogP contribution in [0.3, 0.4) is 0 Å². The number of nitrogens with two attached hydrogens (primary N) is 1. The lowest BCUT2D eigenvalue weighted by Gasteiger charge is -2.30. The third-order valence-corrected chi connectivity index (χ3v) is 5.01. The molecule has 0 spiro atoms. The van der Waals surface area contributed by atoms with Crippen LogP contribution < -0.4 is 5.73 Å². The van der Waals surface area contributed by atoms with Crippen LogP contribution in [0.15, 0.2) is 23.1 Å². The fourth-order valence-electron chi connectivity index (χ4n) is 2.14. The number of hydrogen-bond acceptors (Lipinski definition) is 3. The monoisotopic (exact) mass is 272 g/mol. The molecule has 0 bridgehead atoms. The summed E-state index contributed by atoms with van der Waals surface area (Å²) in [4.78, 5) is -0.253. The second-order valence-electron chi connectivity index (χ2n) is 4.70. The number of rotatable bonds is 2. The molecule has 0 amide bonds. The van der Waals surface area contributed by atoms with Crippen LogP contribution in [0, 0.1) is 12.7 Å². The predicted molar refractivity (Wildman–Crippen MR) is 67.1 cm³/mol. The van der Waals surface area contributed by atoms with Crippen molar-refractivity contribution in [2.45, 2.75) is 30.7 Å². The second kappa shape index (κ2) is 4.95. The average molecular weight is 272 g/mol. The van der Waals surface area contributed by atoms with E-state index < -0.39 is 15.8 Å². The van der Waals surface area contributed by atoms with Crippen LogP contribution in [-0.4, -0.2) is 31.9 Å². The van der Waals surface area contributed by atoms with E-state index in [1.807, 2.05) is 0 Å². The van der Waals surface area contributed by atoms with Gasteiger partial charge in [0.15, 0.2) is 0 Å². The van der Waals surface area contributed by atoms with Gasteiger partial charge in [-0.1, -0.05) is 6.07 Å². The van der Waals surface area contributed by atoms with Gasteiger partial charge in [0.2, 0.25) is 10.0 Å². The van der Waals surface area contributed by atoms with Crippen LogP contribution in [0.2, 0.25) is 0 Å². The first kappa shape index (κ1) is 13.5. The van der Waals surface area contributed by atoms with Crippen LogP contribution in [0.25, 0.3) is 0 Å². The highest BCUT2D eigenvalue weighted by molar-refractivity contribution is 7.89. The largest absolute Gasteiger partial charge is 0.327 e. The molecule has 1 aromatic rings. The summed E-state index contributed by atoms with van der Waals surface area (Å²) in [7, 11) is -3.77. The summed E-state index contributed by atoms with van der Waals surface area (Å²) in [5.74, 6) is -0.709. The quantitative estimate of drug-likeness (QED) is 0.881. The summed E-state index contributed by atoms with van der Waals surface area (Å²) in [5, 5.41) is 0. The predicted octanol–water partition coefficient (Wildman–Crippen LogP) is 1.25. The molecule has 1 atom stereocenters. The Morgan fingerprint density at radius 1 is 1.44 bits per heavy atom. The van der Waals surface area contributed by atoms with Gasteiger partial charge in [0, 0.05) is 19.1 Å². The molecular weight excluding hydrogens is 255 g/mol. The van der Waals surface area contributed by atoms with Crippen molar-refractivity contribution in [3.63, 3.8) is 0 Å². The average Bonchev–Trinajstić information content (AvgIpc) is 2.32. The van der Waals surface area contributed by atoms with Crippen molar-refractivity contribution in [2.24, 2.45) is 5.73 Å². The van der Waals surface area contributed by atoms with Crippen LogP contribution >= 0.6 is 0 Å². The second-order valence-corrected chi connectivity index (χ2v) is 6.61. The smallest absolute Gasteiger partial charge is 0.246 e. The highest BCUT2D eigenvalue weighted by Gasteiger charge is 2.30. The maximum atomic E-state index is 13.7. The van der Waals surface area contributed by atoms with Gasteiger partial charge in [-0.15, -0.1) is 0 Å². The van der Waals surface area contributed by atoms with Crippen LogP contribution in [0.4, 0.5) is 4.39 Å². The van der Waals surface area contributed by atoms with Gasteiger partial charge < -0.3 is 5.73 Å². The SMILES string of the molecule is Cc1ccc(F)c(S(=O)(=O)N2CCCC(N)C2)c1. The van der Waals surface area contributed by atoms with Gasteiger partial charge in [-0.25, -0.2) is 12.8 Å². The molecule has 18 heavy (non-hydrogen) atoms. The molecule has 100 valence electrons. The number of hydrogen-bond donors (Lipinski definition) is 1. The Balaban J connectivity index is 2.38. The van der Waals surface area contributed by atoms with Crippen molar-refractivity contribution in [1.82, 2.24) is 4.31 Å². The standard InChI is InChI=1S/C12H17FN2O2S/c1-9-4-5-11(13)12(7-9)18(16,17)15-6-2-3-10(14)8-15/h4-5,7,10H,2-3,6,8,14H2,1H3. The first-order valence-corrected chi connectivity index (χ1v) is 7.37. The summed E-state index contributed by atoms with van der Waals surface area (Å²) >= 11 is 0. The Morgan fingerprint density at radius 2 is 2.17 bits per heavy atom. The van der Waals surface area contributed by atoms with Crippen LogP contribution in [0.5, 0.6) is 0 Å². The minimum atomic E-state index is -3.77. The minimum Gasteiger partial charge on any atom is -0.327 e. The van der Waals surface area contributed by atoms with Crippen molar-refractivity contribution in [2.75, 3.05) is 13.1 Å². The van der Waals surface area contributed by atoms with E-state index in [-0.39, 0.29) is 17.5 Å². The molecule has 1 aliphatic heterocycles. The lowest BCUT2D eigenvalue weighted by molar-refractivity contribution is 0.315. The number of nitrogens with zero attached hydrogens (tertiary/aromatic N) is 1. The van der Waals surface area contributed by atoms with Gasteiger partial charge in [-0.3, -0.25) is 0 Å². The summed E-state index contributed by atoms with van der Waals surface area (Å²) in [6, 6.07) is 3.94. The Kier molecular flexibility index (Phi) is 3.70. The van der Waals surface area contributed by atoms with E-state index in [4.69, 9.17) is 5.73 Å². The Labute approximate surface area is 107 Å². The van der Waals surface area contributed by atoms with Crippen LogP contribution in [-0.2, 0) is 10.0 Å². The molecule has 6 heteroatoms. The number of sulfonamides is 1. The van der Waals surface area contributed by atoms with Crippen molar-refractivity contribution < 1.29 is 12.8 Å². The van der Waals surface area contributed by atoms with Gasteiger partial charge in [0.25, 0.3) is 0 Å². The first-order chi connectivity index (χ1) is 8.41. The van der Waals surface area contributed by atoms with Crippen molar-refractivity contribution in [1.29, 1.82) is 0 Å². The first-order valence-electron chi connectivity index (χ1n) is 5.93. The van der Waals surface area contributed by atoms with E-state index in [1.165, 1.54) is 16.4 Å². The van der Waals surface area contributed by atoms with Gasteiger partial charge in [0.1, 0.15) is 10.7 Å². The topological polar surface area (TPSA) is 63.4 Å². The number of halogens is 1. The Morgan fingerprint density at radius 3 is 2.83 bits per heavy atom. The summed E-state index contributed by atoms with van der Waals surface area (Å²) in [6.07, 6.45) is 1.52. The zero-order valence-corrected chi connectivity index (χ0v) is 11.1. The van der Waals surface area contributed by atoms with E-state index in [1.54, 1.807) is 13.0 Å². The van der Waals surface area contributed by atoms with Crippen molar-refractivity contribution >= 4 is 10.0 Å². The molecule has 0 saturated carbocycles. The zero-order chi connectivity index (χ0) is 13.3. The molecule has 2 rings (SSSR count). The summed E-state index contributed by atoms with van der Waals surface area (Å²) in [5.41, 5.74) is 6.49. The molecule has 2 N–H and O–H groups in total. The lowest BCUT2D eigenvalue weighted by Crippen LogP contribution is -2.45. The fraction of sp³-hybridized carbons (Fsp3) is 0.500. The number of benzene rings is 1. The van der Waals surface area contributed by atoms with Gasteiger partial charge >= 0.3 is 0 Å². The molecule has 4 nitrogen and oxygen atoms in total. The molecule has 1 heterocycles. The number of piperidine rings is 1. The molecule has 0 aromatic heterocycles. The molecule has 0 radical (unpaired) electrons. The molecule has 1 aliphatic rings. The summed E-state index contributed by atoms with van der Waals surface area (Å²) in [6.45, 7) is 2.40. The zero-order valence-electron chi connectivity index (χ0n) is 10.3. The van der Waals surface area contributed by atoms with Gasteiger partial charge in [0.05, 0.1) is 0 Å². The highest BCUT2D eigenvalue weighted by Crippen LogP contribution is 2.23. The third-order valence-electron chi connectivity index (χ3n) is 3.13. The van der Waals surface area contributed by atoms with Crippen molar-refractivity contribution in [3.8, 4) is 0 Å². The van der Waals surface area contributed by atoms with Crippen molar-refractivity contribution in [3.05, 3.63) is 29.6 Å². The van der Waals surface area contributed by atoms with E-state index in [0.29, 0.717) is 13.0 Å². The maximum absolute atomic E-state index is 13.7. The molecule has 1 unspecified atom stereocenters. The summed E-state index contributed by atoms with van der Waals surface area (Å²) < 4.78 is 39.6. The third kappa shape index (κ3) is 2.55. The lowest BCUT2D eigenvalue weighted by atomic mass is 10.1. The fourth-order valence-corrected chi connectivity index (χ4v) is 3.82. The molecule has 0 aliphatic carbocycles. The normalized spacial score (nSPS) is 22.1. The minimum absolute atomic E-state index is 0.165. The van der Waals surface area contributed by atoms with E-state index in [2.05, 4.69) is 0 Å². The van der Waals surface area contributed by atoms with E-state index in [9.17, 15) is 12.8 Å². The maximum Gasteiger partial charge on any atom is 0.246 e. The Bertz CT molecular complexity index is 545. The van der Waals surface area contributed by atoms with E-state index in [0.717, 1.165) is 12.0 Å². The van der Waals surface area contributed by atoms with Gasteiger partial charge in [-0.2, -0.15) is 4.31 Å². The molecule has 1 aromatic carbocycles. The molecular formula is C12H17FN2O2S. The van der Waals surface area contributed by atoms with Crippen LogP contribution in [0.1, 0.15) is 18.4 Å². The molecule has 1 fully saturated rings. The number of aryl methyl sites for hydroxylation is 1. The Hall–Kier alpha value is -0.980.